The minimum Gasteiger partial charge on any atom is -0.393 e. The molecule has 2 rings (SSSR count). The number of aliphatic hydroxyl groups excluding tert-OH is 1. The standard InChI is InChI=1S/C9H12N4O/c1-6(14)2-3-8-12-7-4-10-5-11-9(7)13-8/h4-6,14H,2-3H2,1H3,(H,10,11,12,13). The van der Waals surface area contributed by atoms with Crippen LogP contribution in [0.15, 0.2) is 12.5 Å². The lowest BCUT2D eigenvalue weighted by Gasteiger charge is -1.99. The van der Waals surface area contributed by atoms with Crippen molar-refractivity contribution in [2.45, 2.75) is 25.9 Å². The van der Waals surface area contributed by atoms with Crippen LogP contribution < -0.4 is 0 Å². The molecule has 1 unspecified atom stereocenters. The van der Waals surface area contributed by atoms with Crippen LogP contribution in [0, 0.1) is 0 Å². The Hall–Kier alpha value is -1.49. The van der Waals surface area contributed by atoms with E-state index in [1.165, 1.54) is 6.33 Å². The number of rotatable bonds is 3. The summed E-state index contributed by atoms with van der Waals surface area (Å²) in [4.78, 5) is 15.3. The van der Waals surface area contributed by atoms with Crippen molar-refractivity contribution in [1.29, 1.82) is 0 Å². The zero-order chi connectivity index (χ0) is 9.97. The monoisotopic (exact) mass is 192 g/mol. The normalized spacial score (nSPS) is 13.3. The summed E-state index contributed by atoms with van der Waals surface area (Å²) in [6.45, 7) is 1.77. The van der Waals surface area contributed by atoms with Gasteiger partial charge >= 0.3 is 0 Å². The molecule has 2 aromatic rings. The van der Waals surface area contributed by atoms with E-state index >= 15 is 0 Å². The number of imidazole rings is 1. The van der Waals surface area contributed by atoms with E-state index in [0.29, 0.717) is 12.1 Å². The summed E-state index contributed by atoms with van der Waals surface area (Å²) in [6, 6.07) is 0. The number of aromatic amines is 1. The molecule has 0 amide bonds. The van der Waals surface area contributed by atoms with Crippen molar-refractivity contribution in [3.8, 4) is 0 Å². The van der Waals surface area contributed by atoms with Gasteiger partial charge in [-0.3, -0.25) is 0 Å². The summed E-state index contributed by atoms with van der Waals surface area (Å²) in [5, 5.41) is 9.12. The Labute approximate surface area is 81.2 Å². The van der Waals surface area contributed by atoms with Crippen molar-refractivity contribution in [1.82, 2.24) is 19.9 Å². The molecule has 0 aromatic carbocycles. The SMILES string of the molecule is CC(O)CCc1nc2ncncc2[nH]1. The predicted molar refractivity (Wildman–Crippen MR) is 51.7 cm³/mol. The van der Waals surface area contributed by atoms with E-state index in [4.69, 9.17) is 5.11 Å². The Balaban J connectivity index is 2.19. The van der Waals surface area contributed by atoms with Crippen LogP contribution >= 0.6 is 0 Å². The first kappa shape index (κ1) is 9.08. The number of aromatic nitrogens is 4. The van der Waals surface area contributed by atoms with E-state index in [1.54, 1.807) is 13.1 Å². The Kier molecular flexibility index (Phi) is 2.41. The van der Waals surface area contributed by atoms with Crippen molar-refractivity contribution >= 4 is 11.2 Å². The zero-order valence-electron chi connectivity index (χ0n) is 7.94. The van der Waals surface area contributed by atoms with E-state index in [0.717, 1.165) is 17.8 Å². The first-order valence-electron chi connectivity index (χ1n) is 4.58. The molecular formula is C9H12N4O. The Morgan fingerprint density at radius 1 is 1.57 bits per heavy atom. The second kappa shape index (κ2) is 3.71. The van der Waals surface area contributed by atoms with Crippen molar-refractivity contribution in [2.24, 2.45) is 0 Å². The van der Waals surface area contributed by atoms with E-state index in [2.05, 4.69) is 19.9 Å². The van der Waals surface area contributed by atoms with Gasteiger partial charge in [0, 0.05) is 6.42 Å². The molecule has 0 fully saturated rings. The van der Waals surface area contributed by atoms with E-state index in [-0.39, 0.29) is 6.10 Å². The highest BCUT2D eigenvalue weighted by molar-refractivity contribution is 5.68. The molecule has 0 aliphatic carbocycles. The molecule has 74 valence electrons. The first-order chi connectivity index (χ1) is 6.75. The number of fused-ring (bicyclic) bond motifs is 1. The van der Waals surface area contributed by atoms with Gasteiger partial charge in [-0.1, -0.05) is 0 Å². The second-order valence-corrected chi connectivity index (χ2v) is 3.33. The third-order valence-corrected chi connectivity index (χ3v) is 2.01. The lowest BCUT2D eigenvalue weighted by atomic mass is 10.2. The minimum atomic E-state index is -0.297. The van der Waals surface area contributed by atoms with Gasteiger partial charge in [0.15, 0.2) is 5.65 Å². The maximum atomic E-state index is 9.12. The van der Waals surface area contributed by atoms with Gasteiger partial charge in [0.1, 0.15) is 17.7 Å². The average Bonchev–Trinajstić information content (AvgIpc) is 2.57. The fraction of sp³-hybridized carbons (Fsp3) is 0.444. The Bertz CT molecular complexity index is 390. The van der Waals surface area contributed by atoms with Crippen molar-refractivity contribution in [2.75, 3.05) is 0 Å². The van der Waals surface area contributed by atoms with Gasteiger partial charge in [-0.05, 0) is 13.3 Å². The first-order valence-corrected chi connectivity index (χ1v) is 4.58. The largest absolute Gasteiger partial charge is 0.393 e. The Morgan fingerprint density at radius 2 is 2.43 bits per heavy atom. The van der Waals surface area contributed by atoms with Gasteiger partial charge < -0.3 is 10.1 Å². The smallest absolute Gasteiger partial charge is 0.180 e. The molecule has 0 radical (unpaired) electrons. The summed E-state index contributed by atoms with van der Waals surface area (Å²) >= 11 is 0. The molecule has 2 N–H and O–H groups in total. The predicted octanol–water partition coefficient (Wildman–Crippen LogP) is 0.666. The summed E-state index contributed by atoms with van der Waals surface area (Å²) < 4.78 is 0. The highest BCUT2D eigenvalue weighted by Crippen LogP contribution is 2.08. The minimum absolute atomic E-state index is 0.297. The number of hydrogen-bond acceptors (Lipinski definition) is 4. The quantitative estimate of drug-likeness (QED) is 0.749. The van der Waals surface area contributed by atoms with Gasteiger partial charge in [-0.15, -0.1) is 0 Å². The number of nitrogens with one attached hydrogen (secondary N) is 1. The topological polar surface area (TPSA) is 74.7 Å². The lowest BCUT2D eigenvalue weighted by Crippen LogP contribution is -2.02. The molecule has 5 nitrogen and oxygen atoms in total. The van der Waals surface area contributed by atoms with Gasteiger partial charge in [-0.25, -0.2) is 15.0 Å². The number of nitrogens with zero attached hydrogens (tertiary/aromatic N) is 3. The van der Waals surface area contributed by atoms with E-state index in [9.17, 15) is 0 Å². The molecular weight excluding hydrogens is 180 g/mol. The van der Waals surface area contributed by atoms with Crippen LogP contribution in [0.5, 0.6) is 0 Å². The molecule has 0 aliphatic rings. The van der Waals surface area contributed by atoms with Crippen molar-refractivity contribution in [3.63, 3.8) is 0 Å². The average molecular weight is 192 g/mol. The van der Waals surface area contributed by atoms with Crippen LogP contribution in [0.3, 0.4) is 0 Å². The Morgan fingerprint density at radius 3 is 3.14 bits per heavy atom. The third kappa shape index (κ3) is 1.88. The highest BCUT2D eigenvalue weighted by Gasteiger charge is 2.04. The molecule has 0 saturated carbocycles. The van der Waals surface area contributed by atoms with Crippen LogP contribution in [0.25, 0.3) is 11.2 Å². The van der Waals surface area contributed by atoms with Gasteiger partial charge in [0.2, 0.25) is 0 Å². The number of H-pyrrole nitrogens is 1. The van der Waals surface area contributed by atoms with Gasteiger partial charge in [0.05, 0.1) is 12.3 Å². The molecule has 0 bridgehead atoms. The van der Waals surface area contributed by atoms with Crippen LogP contribution in [0.2, 0.25) is 0 Å². The van der Waals surface area contributed by atoms with E-state index in [1.807, 2.05) is 0 Å². The number of aliphatic hydroxyl groups is 1. The van der Waals surface area contributed by atoms with Crippen molar-refractivity contribution in [3.05, 3.63) is 18.3 Å². The van der Waals surface area contributed by atoms with Crippen LogP contribution in [-0.2, 0) is 6.42 Å². The van der Waals surface area contributed by atoms with E-state index < -0.39 is 0 Å². The molecule has 0 aliphatic heterocycles. The molecule has 14 heavy (non-hydrogen) atoms. The summed E-state index contributed by atoms with van der Waals surface area (Å²) in [5.74, 6) is 0.849. The van der Waals surface area contributed by atoms with Gasteiger partial charge in [-0.2, -0.15) is 0 Å². The molecule has 1 atom stereocenters. The van der Waals surface area contributed by atoms with Crippen molar-refractivity contribution < 1.29 is 5.11 Å². The molecule has 0 spiro atoms. The molecule has 2 heterocycles. The van der Waals surface area contributed by atoms with Crippen LogP contribution in [0.4, 0.5) is 0 Å². The summed E-state index contributed by atoms with van der Waals surface area (Å²) in [5.41, 5.74) is 1.52. The maximum absolute atomic E-state index is 9.12. The number of hydrogen-bond donors (Lipinski definition) is 2. The fourth-order valence-electron chi connectivity index (χ4n) is 1.28. The fourth-order valence-corrected chi connectivity index (χ4v) is 1.28. The zero-order valence-corrected chi connectivity index (χ0v) is 7.94. The number of aryl methyl sites for hydroxylation is 1. The molecule has 2 aromatic heterocycles. The third-order valence-electron chi connectivity index (χ3n) is 2.01. The summed E-state index contributed by atoms with van der Waals surface area (Å²) in [7, 11) is 0. The van der Waals surface area contributed by atoms with Crippen LogP contribution in [0.1, 0.15) is 19.2 Å². The van der Waals surface area contributed by atoms with Crippen LogP contribution in [-0.4, -0.2) is 31.1 Å². The lowest BCUT2D eigenvalue weighted by molar-refractivity contribution is 0.184. The molecule has 5 heteroatoms. The van der Waals surface area contributed by atoms with Gasteiger partial charge in [0.25, 0.3) is 0 Å². The highest BCUT2D eigenvalue weighted by atomic mass is 16.3. The maximum Gasteiger partial charge on any atom is 0.180 e. The second-order valence-electron chi connectivity index (χ2n) is 3.33. The molecule has 0 saturated heterocycles. The summed E-state index contributed by atoms with van der Waals surface area (Å²) in [6.07, 6.45) is 4.30.